The molecule has 0 spiro atoms. The molecule has 0 amide bonds. The number of rotatable bonds is 5. The van der Waals surface area contributed by atoms with E-state index in [2.05, 4.69) is 32.5 Å². The minimum Gasteiger partial charge on any atom is -0.378 e. The second-order valence-corrected chi connectivity index (χ2v) is 7.28. The molecule has 1 N–H and O–H groups in total. The number of nitrogens with one attached hydrogen (secondary N) is 1. The summed E-state index contributed by atoms with van der Waals surface area (Å²) in [4.78, 5) is 6.74. The van der Waals surface area contributed by atoms with Gasteiger partial charge in [0.2, 0.25) is 0 Å². The van der Waals surface area contributed by atoms with Gasteiger partial charge in [-0.1, -0.05) is 17.3 Å². The molecule has 7 heteroatoms. The van der Waals surface area contributed by atoms with Crippen molar-refractivity contribution in [2.75, 3.05) is 36.5 Å². The molecule has 3 heterocycles. The maximum atomic E-state index is 13.3. The Bertz CT molecular complexity index is 1150. The number of hydrogen-bond donors (Lipinski definition) is 1. The lowest BCUT2D eigenvalue weighted by molar-refractivity contribution is 0.122. The Morgan fingerprint density at radius 1 is 0.903 bits per heavy atom. The maximum Gasteiger partial charge on any atom is 0.132 e. The predicted octanol–water partition coefficient (Wildman–Crippen LogP) is 5.12. The summed E-state index contributed by atoms with van der Waals surface area (Å²) in [7, 11) is 0. The second-order valence-electron chi connectivity index (χ2n) is 7.28. The molecule has 2 aromatic carbocycles. The summed E-state index contributed by atoms with van der Waals surface area (Å²) >= 11 is 0. The molecular weight excluding hydrogens is 395 g/mol. The van der Waals surface area contributed by atoms with Gasteiger partial charge in [-0.3, -0.25) is 0 Å². The van der Waals surface area contributed by atoms with Crippen LogP contribution in [0.3, 0.4) is 0 Å². The molecule has 31 heavy (non-hydrogen) atoms. The lowest BCUT2D eigenvalue weighted by Crippen LogP contribution is -2.36. The minimum absolute atomic E-state index is 0.281. The van der Waals surface area contributed by atoms with Crippen molar-refractivity contribution in [2.24, 2.45) is 0 Å². The van der Waals surface area contributed by atoms with E-state index < -0.39 is 0 Å². The number of anilines is 3. The first-order chi connectivity index (χ1) is 15.3. The van der Waals surface area contributed by atoms with Gasteiger partial charge in [0.05, 0.1) is 13.2 Å². The van der Waals surface area contributed by atoms with Gasteiger partial charge in [0.1, 0.15) is 23.6 Å². The minimum atomic E-state index is -0.281. The second kappa shape index (κ2) is 8.57. The first kappa shape index (κ1) is 19.3. The topological polar surface area (TPSA) is 63.4 Å². The summed E-state index contributed by atoms with van der Waals surface area (Å²) in [5.74, 6) is 0.418. The molecule has 0 bridgehead atoms. The molecule has 0 unspecified atom stereocenters. The van der Waals surface area contributed by atoms with E-state index in [0.29, 0.717) is 11.5 Å². The number of ether oxygens (including phenoxy) is 1. The van der Waals surface area contributed by atoms with Gasteiger partial charge in [-0.2, -0.15) is 0 Å². The molecule has 0 aliphatic carbocycles. The van der Waals surface area contributed by atoms with Gasteiger partial charge in [0.15, 0.2) is 0 Å². The smallest absolute Gasteiger partial charge is 0.132 e. The van der Waals surface area contributed by atoms with Crippen molar-refractivity contribution in [3.8, 4) is 22.4 Å². The van der Waals surface area contributed by atoms with Crippen molar-refractivity contribution in [2.45, 2.75) is 0 Å². The number of nitrogens with zero attached hydrogens (tertiary/aromatic N) is 3. The van der Waals surface area contributed by atoms with Gasteiger partial charge < -0.3 is 19.5 Å². The fourth-order valence-electron chi connectivity index (χ4n) is 3.65. The Morgan fingerprint density at radius 2 is 1.68 bits per heavy atom. The van der Waals surface area contributed by atoms with Gasteiger partial charge in [-0.25, -0.2) is 9.37 Å². The number of morpholine rings is 1. The molecule has 156 valence electrons. The first-order valence-corrected chi connectivity index (χ1v) is 10.1. The van der Waals surface area contributed by atoms with Gasteiger partial charge in [0.25, 0.3) is 0 Å². The lowest BCUT2D eigenvalue weighted by atomic mass is 10.0. The largest absolute Gasteiger partial charge is 0.378 e. The Balaban J connectivity index is 1.35. The average molecular weight is 416 g/mol. The summed E-state index contributed by atoms with van der Waals surface area (Å²) in [5, 5.41) is 7.50. The van der Waals surface area contributed by atoms with Gasteiger partial charge in [-0.05, 0) is 54.1 Å². The molecule has 1 fully saturated rings. The van der Waals surface area contributed by atoms with Crippen molar-refractivity contribution in [3.05, 3.63) is 78.9 Å². The van der Waals surface area contributed by atoms with Crippen LogP contribution in [0, 0.1) is 5.82 Å². The van der Waals surface area contributed by atoms with Crippen molar-refractivity contribution in [1.29, 1.82) is 0 Å². The molecular formula is C24H21FN4O2. The molecule has 2 aromatic heterocycles. The third-order valence-corrected chi connectivity index (χ3v) is 5.27. The summed E-state index contributed by atoms with van der Waals surface area (Å²) in [5.41, 5.74) is 5.30. The zero-order chi connectivity index (χ0) is 21.0. The third-order valence-electron chi connectivity index (χ3n) is 5.27. The lowest BCUT2D eigenvalue weighted by Gasteiger charge is -2.28. The quantitative estimate of drug-likeness (QED) is 0.487. The van der Waals surface area contributed by atoms with Crippen LogP contribution in [0.2, 0.25) is 0 Å². The zero-order valence-corrected chi connectivity index (χ0v) is 16.8. The zero-order valence-electron chi connectivity index (χ0n) is 16.8. The number of benzene rings is 2. The summed E-state index contributed by atoms with van der Waals surface area (Å²) in [6.45, 7) is 3.34. The highest BCUT2D eigenvalue weighted by molar-refractivity contribution is 5.81. The van der Waals surface area contributed by atoms with E-state index in [0.717, 1.165) is 48.7 Å². The molecule has 5 rings (SSSR count). The molecule has 0 radical (unpaired) electrons. The van der Waals surface area contributed by atoms with Crippen molar-refractivity contribution in [3.63, 3.8) is 0 Å². The van der Waals surface area contributed by atoms with Crippen LogP contribution in [0.1, 0.15) is 0 Å². The summed E-state index contributed by atoms with van der Waals surface area (Å²) in [6.07, 6.45) is 3.29. The highest BCUT2D eigenvalue weighted by atomic mass is 19.1. The SMILES string of the molecule is Fc1ccc(-c2conc2-c2ccnc(Nc3ccc(N4CCOCC4)cc3)c2)cc1. The van der Waals surface area contributed by atoms with Crippen LogP contribution in [-0.4, -0.2) is 36.4 Å². The van der Waals surface area contributed by atoms with Crippen LogP contribution in [-0.2, 0) is 4.74 Å². The predicted molar refractivity (Wildman–Crippen MR) is 118 cm³/mol. The van der Waals surface area contributed by atoms with Crippen molar-refractivity contribution >= 4 is 17.2 Å². The average Bonchev–Trinajstić information content (AvgIpc) is 3.31. The van der Waals surface area contributed by atoms with E-state index in [9.17, 15) is 4.39 Å². The Hall–Kier alpha value is -3.71. The third kappa shape index (κ3) is 4.27. The van der Waals surface area contributed by atoms with E-state index in [1.807, 2.05) is 24.3 Å². The highest BCUT2D eigenvalue weighted by Gasteiger charge is 2.14. The molecule has 1 aliphatic heterocycles. The molecule has 1 saturated heterocycles. The van der Waals surface area contributed by atoms with Crippen LogP contribution >= 0.6 is 0 Å². The van der Waals surface area contributed by atoms with E-state index in [1.54, 1.807) is 24.6 Å². The molecule has 4 aromatic rings. The van der Waals surface area contributed by atoms with E-state index in [4.69, 9.17) is 9.26 Å². The molecule has 6 nitrogen and oxygen atoms in total. The van der Waals surface area contributed by atoms with E-state index >= 15 is 0 Å². The van der Waals surface area contributed by atoms with Crippen molar-refractivity contribution in [1.82, 2.24) is 10.1 Å². The Morgan fingerprint density at radius 3 is 2.45 bits per heavy atom. The number of hydrogen-bond acceptors (Lipinski definition) is 6. The summed E-state index contributed by atoms with van der Waals surface area (Å²) in [6, 6.07) is 18.3. The van der Waals surface area contributed by atoms with Gasteiger partial charge in [0, 0.05) is 41.8 Å². The number of pyridine rings is 1. The van der Waals surface area contributed by atoms with E-state index in [-0.39, 0.29) is 5.82 Å². The molecule has 0 atom stereocenters. The highest BCUT2D eigenvalue weighted by Crippen LogP contribution is 2.32. The number of halogens is 1. The van der Waals surface area contributed by atoms with Crippen LogP contribution < -0.4 is 10.2 Å². The fraction of sp³-hybridized carbons (Fsp3) is 0.167. The fourth-order valence-corrected chi connectivity index (χ4v) is 3.65. The standard InChI is InChI=1S/C24H21FN4O2/c25-19-3-1-17(2-4-19)22-16-31-28-24(22)18-9-10-26-23(15-18)27-20-5-7-21(8-6-20)29-11-13-30-14-12-29/h1-10,15-16H,11-14H2,(H,26,27). The van der Waals surface area contributed by atoms with Crippen LogP contribution in [0.25, 0.3) is 22.4 Å². The Kier molecular flexibility index (Phi) is 5.33. The molecule has 0 saturated carbocycles. The van der Waals surface area contributed by atoms with Crippen LogP contribution in [0.4, 0.5) is 21.6 Å². The molecule has 1 aliphatic rings. The monoisotopic (exact) mass is 416 g/mol. The first-order valence-electron chi connectivity index (χ1n) is 10.1. The maximum absolute atomic E-state index is 13.3. The van der Waals surface area contributed by atoms with Crippen LogP contribution in [0.5, 0.6) is 0 Å². The summed E-state index contributed by atoms with van der Waals surface area (Å²) < 4.78 is 23.9. The van der Waals surface area contributed by atoms with Gasteiger partial charge in [-0.15, -0.1) is 0 Å². The Labute approximate surface area is 179 Å². The van der Waals surface area contributed by atoms with Crippen LogP contribution in [0.15, 0.2) is 77.6 Å². The van der Waals surface area contributed by atoms with Gasteiger partial charge >= 0.3 is 0 Å². The van der Waals surface area contributed by atoms with E-state index in [1.165, 1.54) is 17.8 Å². The van der Waals surface area contributed by atoms with Crippen molar-refractivity contribution < 1.29 is 13.7 Å². The number of aromatic nitrogens is 2. The normalized spacial score (nSPS) is 13.9.